The van der Waals surface area contributed by atoms with Crippen LogP contribution in [0.4, 0.5) is 0 Å². The van der Waals surface area contributed by atoms with Gasteiger partial charge in [-0.05, 0) is 48.0 Å². The van der Waals surface area contributed by atoms with Crippen molar-refractivity contribution in [3.05, 3.63) is 53.1 Å². The Bertz CT molecular complexity index is 895. The number of esters is 1. The Morgan fingerprint density at radius 2 is 1.88 bits per heavy atom. The number of hydrogen-bond donors (Lipinski definition) is 1. The molecular formula is C16H15ClN2O5S. The predicted molar refractivity (Wildman–Crippen MR) is 93.7 cm³/mol. The van der Waals surface area contributed by atoms with Gasteiger partial charge >= 0.3 is 5.97 Å². The predicted octanol–water partition coefficient (Wildman–Crippen LogP) is 2.59. The first-order valence-electron chi connectivity index (χ1n) is 6.99. The lowest BCUT2D eigenvalue weighted by Crippen LogP contribution is -2.19. The molecule has 1 N–H and O–H groups in total. The molecular weight excluding hydrogens is 368 g/mol. The summed E-state index contributed by atoms with van der Waals surface area (Å²) in [6, 6.07) is 10.6. The van der Waals surface area contributed by atoms with E-state index in [4.69, 9.17) is 21.1 Å². The normalized spacial score (nSPS) is 11.3. The molecule has 0 aliphatic heterocycles. The highest BCUT2D eigenvalue weighted by Crippen LogP contribution is 2.26. The van der Waals surface area contributed by atoms with Gasteiger partial charge in [0.1, 0.15) is 16.4 Å². The summed E-state index contributed by atoms with van der Waals surface area (Å²) < 4.78 is 34.5. The maximum absolute atomic E-state index is 12.3. The summed E-state index contributed by atoms with van der Waals surface area (Å²) in [5, 5.41) is 3.97. The molecule has 2 rings (SSSR count). The molecule has 0 aromatic heterocycles. The summed E-state index contributed by atoms with van der Waals surface area (Å²) in [5.74, 6) is 0.108. The molecule has 0 radical (unpaired) electrons. The van der Waals surface area contributed by atoms with E-state index in [-0.39, 0.29) is 15.7 Å². The van der Waals surface area contributed by atoms with Crippen molar-refractivity contribution in [2.24, 2.45) is 5.10 Å². The van der Waals surface area contributed by atoms with E-state index in [1.807, 2.05) is 0 Å². The van der Waals surface area contributed by atoms with Gasteiger partial charge in [0.25, 0.3) is 10.0 Å². The van der Waals surface area contributed by atoms with Crippen LogP contribution in [0.5, 0.6) is 11.5 Å². The van der Waals surface area contributed by atoms with Gasteiger partial charge in [0, 0.05) is 11.9 Å². The minimum absolute atomic E-state index is 0.121. The Morgan fingerprint density at radius 1 is 1.20 bits per heavy atom. The molecule has 2 aromatic rings. The quantitative estimate of drug-likeness (QED) is 0.358. The van der Waals surface area contributed by atoms with Crippen LogP contribution in [-0.2, 0) is 14.8 Å². The molecule has 0 saturated carbocycles. The molecule has 0 aliphatic carbocycles. The Labute approximate surface area is 150 Å². The van der Waals surface area contributed by atoms with E-state index in [1.54, 1.807) is 24.3 Å². The standard InChI is InChI=1S/C16H15ClN2O5S/c1-11(20)24-14-6-3-12(4-7-14)10-18-19-25(21,22)16-9-13(17)5-8-15(16)23-2/h3-10,19H,1-2H3/b18-10+. The van der Waals surface area contributed by atoms with Gasteiger partial charge in [-0.15, -0.1) is 0 Å². The number of ether oxygens (including phenoxy) is 2. The molecule has 0 spiro atoms. The zero-order valence-electron chi connectivity index (χ0n) is 13.4. The Balaban J connectivity index is 2.13. The molecule has 132 valence electrons. The van der Waals surface area contributed by atoms with E-state index in [0.717, 1.165) is 0 Å². The number of carbonyl (C=O) groups is 1. The number of sulfonamides is 1. The molecule has 7 nitrogen and oxygen atoms in total. The van der Waals surface area contributed by atoms with E-state index in [1.165, 1.54) is 38.4 Å². The number of hydrazone groups is 1. The Hall–Kier alpha value is -2.58. The second-order valence-corrected chi connectivity index (χ2v) is 6.88. The summed E-state index contributed by atoms with van der Waals surface area (Å²) in [7, 11) is -2.59. The lowest BCUT2D eigenvalue weighted by molar-refractivity contribution is -0.131. The summed E-state index contributed by atoms with van der Waals surface area (Å²) in [4.78, 5) is 12.8. The zero-order chi connectivity index (χ0) is 18.4. The number of nitrogens with zero attached hydrogens (tertiary/aromatic N) is 1. The largest absolute Gasteiger partial charge is 0.495 e. The molecule has 9 heteroatoms. The van der Waals surface area contributed by atoms with Crippen LogP contribution in [0.1, 0.15) is 12.5 Å². The van der Waals surface area contributed by atoms with Crippen LogP contribution in [0.2, 0.25) is 5.02 Å². The van der Waals surface area contributed by atoms with E-state index < -0.39 is 16.0 Å². The lowest BCUT2D eigenvalue weighted by atomic mass is 10.2. The molecule has 25 heavy (non-hydrogen) atoms. The number of rotatable bonds is 6. The maximum Gasteiger partial charge on any atom is 0.308 e. The summed E-state index contributed by atoms with van der Waals surface area (Å²) in [5.41, 5.74) is 0.608. The Morgan fingerprint density at radius 3 is 2.48 bits per heavy atom. The van der Waals surface area contributed by atoms with Crippen molar-refractivity contribution < 1.29 is 22.7 Å². The van der Waals surface area contributed by atoms with E-state index >= 15 is 0 Å². The molecule has 0 atom stereocenters. The van der Waals surface area contributed by atoms with Crippen molar-refractivity contribution in [2.75, 3.05) is 7.11 Å². The third kappa shape index (κ3) is 5.20. The van der Waals surface area contributed by atoms with E-state index in [0.29, 0.717) is 11.3 Å². The van der Waals surface area contributed by atoms with Crippen molar-refractivity contribution >= 4 is 33.8 Å². The molecule has 2 aromatic carbocycles. The minimum atomic E-state index is -3.95. The first-order chi connectivity index (χ1) is 11.8. The zero-order valence-corrected chi connectivity index (χ0v) is 15.0. The van der Waals surface area contributed by atoms with Gasteiger partial charge in [-0.25, -0.2) is 0 Å². The minimum Gasteiger partial charge on any atom is -0.495 e. The highest BCUT2D eigenvalue weighted by atomic mass is 35.5. The fraction of sp³-hybridized carbons (Fsp3) is 0.125. The van der Waals surface area contributed by atoms with Crippen LogP contribution in [-0.4, -0.2) is 27.7 Å². The third-order valence-corrected chi connectivity index (χ3v) is 4.42. The van der Waals surface area contributed by atoms with Crippen LogP contribution in [0, 0.1) is 0 Å². The van der Waals surface area contributed by atoms with Crippen LogP contribution in [0.3, 0.4) is 0 Å². The van der Waals surface area contributed by atoms with Crippen molar-refractivity contribution in [3.8, 4) is 11.5 Å². The lowest BCUT2D eigenvalue weighted by Gasteiger charge is -2.09. The van der Waals surface area contributed by atoms with Crippen LogP contribution >= 0.6 is 11.6 Å². The number of benzene rings is 2. The smallest absolute Gasteiger partial charge is 0.308 e. The summed E-state index contributed by atoms with van der Waals surface area (Å²) >= 11 is 5.84. The van der Waals surface area contributed by atoms with Gasteiger partial charge in [-0.2, -0.15) is 18.4 Å². The molecule has 0 amide bonds. The van der Waals surface area contributed by atoms with Crippen LogP contribution < -0.4 is 14.3 Å². The number of methoxy groups -OCH3 is 1. The van der Waals surface area contributed by atoms with Crippen LogP contribution in [0.15, 0.2) is 52.5 Å². The number of halogens is 1. The molecule has 0 unspecified atom stereocenters. The monoisotopic (exact) mass is 382 g/mol. The maximum atomic E-state index is 12.3. The van der Waals surface area contributed by atoms with Crippen LogP contribution in [0.25, 0.3) is 0 Å². The fourth-order valence-electron chi connectivity index (χ4n) is 1.87. The molecule has 0 saturated heterocycles. The number of carbonyl (C=O) groups excluding carboxylic acids is 1. The van der Waals surface area contributed by atoms with Crippen molar-refractivity contribution in [1.82, 2.24) is 4.83 Å². The van der Waals surface area contributed by atoms with Gasteiger partial charge in [0.05, 0.1) is 13.3 Å². The number of hydrogen-bond acceptors (Lipinski definition) is 6. The second kappa shape index (κ2) is 8.00. The topological polar surface area (TPSA) is 94.1 Å². The van der Waals surface area contributed by atoms with Crippen molar-refractivity contribution in [3.63, 3.8) is 0 Å². The summed E-state index contributed by atoms with van der Waals surface area (Å²) in [6.07, 6.45) is 1.31. The second-order valence-electron chi connectivity index (χ2n) is 4.81. The SMILES string of the molecule is COc1ccc(Cl)cc1S(=O)(=O)N/N=C/c1ccc(OC(C)=O)cc1. The third-order valence-electron chi connectivity index (χ3n) is 2.94. The fourth-order valence-corrected chi connectivity index (χ4v) is 3.09. The van der Waals surface area contributed by atoms with Gasteiger partial charge < -0.3 is 9.47 Å². The van der Waals surface area contributed by atoms with Gasteiger partial charge in [0.2, 0.25) is 0 Å². The molecule has 0 bridgehead atoms. The first-order valence-corrected chi connectivity index (χ1v) is 8.85. The van der Waals surface area contributed by atoms with E-state index in [9.17, 15) is 13.2 Å². The van der Waals surface area contributed by atoms with Gasteiger partial charge in [0.15, 0.2) is 0 Å². The van der Waals surface area contributed by atoms with Gasteiger partial charge in [-0.3, -0.25) is 4.79 Å². The van der Waals surface area contributed by atoms with E-state index in [2.05, 4.69) is 9.93 Å². The van der Waals surface area contributed by atoms with Gasteiger partial charge in [-0.1, -0.05) is 11.6 Å². The van der Waals surface area contributed by atoms with Crippen molar-refractivity contribution in [1.29, 1.82) is 0 Å². The Kier molecular flexibility index (Phi) is 6.00. The highest BCUT2D eigenvalue weighted by Gasteiger charge is 2.19. The summed E-state index contributed by atoms with van der Waals surface area (Å²) in [6.45, 7) is 1.30. The molecule has 0 heterocycles. The first kappa shape index (κ1) is 18.8. The molecule has 0 fully saturated rings. The molecule has 0 aliphatic rings. The number of nitrogens with one attached hydrogen (secondary N) is 1. The average Bonchev–Trinajstić information content (AvgIpc) is 2.56. The van der Waals surface area contributed by atoms with Crippen molar-refractivity contribution in [2.45, 2.75) is 11.8 Å². The average molecular weight is 383 g/mol. The highest BCUT2D eigenvalue weighted by molar-refractivity contribution is 7.89.